The summed E-state index contributed by atoms with van der Waals surface area (Å²) in [7, 11) is 1.51. The standard InChI is InChI=1S/C29H28Br2N4O4/c1-5-18(3)28-34-24-11-8-20(30)14-22(24)29(37)35(28)32-15-19-12-23(31)27(25(13-19)38-4)39-16-26(36)33-21-9-6-17(2)7-10-21/h6-15,18H,5,16H2,1-4H3,(H,33,36)/t18-/m1/s1. The molecular weight excluding hydrogens is 628 g/mol. The van der Waals surface area contributed by atoms with Gasteiger partial charge in [-0.3, -0.25) is 9.59 Å². The maximum Gasteiger partial charge on any atom is 0.282 e. The minimum Gasteiger partial charge on any atom is -0.493 e. The molecule has 39 heavy (non-hydrogen) atoms. The Labute approximate surface area is 243 Å². The lowest BCUT2D eigenvalue weighted by Gasteiger charge is -2.15. The second-order valence-corrected chi connectivity index (χ2v) is 10.8. The first-order chi connectivity index (χ1) is 18.7. The number of methoxy groups -OCH3 is 1. The molecule has 0 bridgehead atoms. The number of hydrogen-bond donors (Lipinski definition) is 1. The fourth-order valence-electron chi connectivity index (χ4n) is 3.83. The van der Waals surface area contributed by atoms with Crippen molar-refractivity contribution >= 4 is 60.6 Å². The van der Waals surface area contributed by atoms with Gasteiger partial charge in [-0.1, -0.05) is 47.5 Å². The van der Waals surface area contributed by atoms with Crippen molar-refractivity contribution in [3.8, 4) is 11.5 Å². The molecule has 1 amide bonds. The van der Waals surface area contributed by atoms with Crippen LogP contribution in [0.1, 0.15) is 43.1 Å². The van der Waals surface area contributed by atoms with Gasteiger partial charge in [0.2, 0.25) is 0 Å². The molecule has 1 aromatic heterocycles. The van der Waals surface area contributed by atoms with Crippen LogP contribution in [0.15, 0.2) is 73.4 Å². The number of carbonyl (C=O) groups is 1. The van der Waals surface area contributed by atoms with Crippen LogP contribution in [-0.2, 0) is 4.79 Å². The summed E-state index contributed by atoms with van der Waals surface area (Å²) in [5.41, 5.74) is 2.83. The summed E-state index contributed by atoms with van der Waals surface area (Å²) in [6.45, 7) is 5.83. The van der Waals surface area contributed by atoms with E-state index in [9.17, 15) is 9.59 Å². The largest absolute Gasteiger partial charge is 0.493 e. The number of aromatic nitrogens is 2. The number of anilines is 1. The van der Waals surface area contributed by atoms with E-state index in [2.05, 4.69) is 42.3 Å². The smallest absolute Gasteiger partial charge is 0.282 e. The fraction of sp³-hybridized carbons (Fsp3) is 0.241. The van der Waals surface area contributed by atoms with Gasteiger partial charge in [0, 0.05) is 16.1 Å². The summed E-state index contributed by atoms with van der Waals surface area (Å²) >= 11 is 6.94. The van der Waals surface area contributed by atoms with Crippen molar-refractivity contribution in [2.24, 2.45) is 5.10 Å². The normalized spacial score (nSPS) is 12.1. The number of rotatable bonds is 9. The van der Waals surface area contributed by atoms with Crippen LogP contribution < -0.4 is 20.3 Å². The molecule has 1 N–H and O–H groups in total. The number of benzene rings is 3. The number of aryl methyl sites for hydroxylation is 1. The minimum atomic E-state index is -0.300. The average Bonchev–Trinajstić information content (AvgIpc) is 2.92. The molecule has 1 atom stereocenters. The van der Waals surface area contributed by atoms with E-state index in [-0.39, 0.29) is 24.0 Å². The molecule has 0 spiro atoms. The molecule has 0 radical (unpaired) electrons. The molecule has 0 unspecified atom stereocenters. The third-order valence-electron chi connectivity index (χ3n) is 6.14. The summed E-state index contributed by atoms with van der Waals surface area (Å²) in [5.74, 6) is 1.09. The Kier molecular flexibility index (Phi) is 9.19. The van der Waals surface area contributed by atoms with Gasteiger partial charge in [0.1, 0.15) is 5.82 Å². The lowest BCUT2D eigenvalue weighted by atomic mass is 10.1. The molecule has 0 fully saturated rings. The van der Waals surface area contributed by atoms with Crippen LogP contribution in [0.3, 0.4) is 0 Å². The Morgan fingerprint density at radius 3 is 2.59 bits per heavy atom. The summed E-state index contributed by atoms with van der Waals surface area (Å²) in [6.07, 6.45) is 2.37. The van der Waals surface area contributed by atoms with E-state index in [1.807, 2.05) is 57.2 Å². The van der Waals surface area contributed by atoms with Crippen molar-refractivity contribution in [1.82, 2.24) is 9.66 Å². The van der Waals surface area contributed by atoms with Crippen LogP contribution in [0.25, 0.3) is 10.9 Å². The quantitative estimate of drug-likeness (QED) is 0.204. The van der Waals surface area contributed by atoms with Gasteiger partial charge in [-0.2, -0.15) is 9.78 Å². The monoisotopic (exact) mass is 654 g/mol. The molecule has 202 valence electrons. The SMILES string of the molecule is CC[C@@H](C)c1nc2ccc(Br)cc2c(=O)n1N=Cc1cc(Br)c(OCC(=O)Nc2ccc(C)cc2)c(OC)c1. The van der Waals surface area contributed by atoms with Crippen molar-refractivity contribution < 1.29 is 14.3 Å². The highest BCUT2D eigenvalue weighted by Crippen LogP contribution is 2.36. The van der Waals surface area contributed by atoms with Crippen molar-refractivity contribution in [1.29, 1.82) is 0 Å². The molecule has 8 nitrogen and oxygen atoms in total. The molecule has 4 rings (SSSR count). The Morgan fingerprint density at radius 1 is 1.15 bits per heavy atom. The molecule has 0 aliphatic rings. The fourth-order valence-corrected chi connectivity index (χ4v) is 4.76. The van der Waals surface area contributed by atoms with Crippen molar-refractivity contribution in [2.75, 3.05) is 19.0 Å². The molecular formula is C29H28Br2N4O4. The lowest BCUT2D eigenvalue weighted by molar-refractivity contribution is -0.118. The Balaban J connectivity index is 1.60. The maximum atomic E-state index is 13.4. The first kappa shape index (κ1) is 28.5. The van der Waals surface area contributed by atoms with Gasteiger partial charge in [-0.05, 0) is 77.3 Å². The number of amides is 1. The number of hydrogen-bond acceptors (Lipinski definition) is 6. The molecule has 1 heterocycles. The van der Waals surface area contributed by atoms with E-state index in [0.29, 0.717) is 43.9 Å². The summed E-state index contributed by atoms with van der Waals surface area (Å²) in [5, 5.41) is 7.79. The zero-order valence-electron chi connectivity index (χ0n) is 22.0. The summed E-state index contributed by atoms with van der Waals surface area (Å²) in [6, 6.07) is 16.4. The molecule has 3 aromatic carbocycles. The number of halogens is 2. The predicted molar refractivity (Wildman–Crippen MR) is 161 cm³/mol. The van der Waals surface area contributed by atoms with Crippen LogP contribution in [0, 0.1) is 6.92 Å². The first-order valence-electron chi connectivity index (χ1n) is 12.3. The lowest BCUT2D eigenvalue weighted by Crippen LogP contribution is -2.23. The van der Waals surface area contributed by atoms with Crippen molar-refractivity contribution in [2.45, 2.75) is 33.1 Å². The van der Waals surface area contributed by atoms with Gasteiger partial charge in [0.05, 0.1) is 28.7 Å². The van der Waals surface area contributed by atoms with E-state index >= 15 is 0 Å². The van der Waals surface area contributed by atoms with E-state index in [4.69, 9.17) is 14.5 Å². The van der Waals surface area contributed by atoms with Crippen LogP contribution in [0.4, 0.5) is 5.69 Å². The highest BCUT2D eigenvalue weighted by molar-refractivity contribution is 9.10. The minimum absolute atomic E-state index is 0.0194. The van der Waals surface area contributed by atoms with Gasteiger partial charge >= 0.3 is 0 Å². The van der Waals surface area contributed by atoms with E-state index in [1.165, 1.54) is 11.8 Å². The maximum absolute atomic E-state index is 13.4. The number of nitrogens with zero attached hydrogens (tertiary/aromatic N) is 3. The van der Waals surface area contributed by atoms with Crippen LogP contribution in [0.5, 0.6) is 11.5 Å². The highest BCUT2D eigenvalue weighted by atomic mass is 79.9. The zero-order chi connectivity index (χ0) is 28.1. The molecule has 10 heteroatoms. The molecule has 0 aliphatic carbocycles. The predicted octanol–water partition coefficient (Wildman–Crippen LogP) is 6.65. The van der Waals surface area contributed by atoms with Gasteiger partial charge in [-0.25, -0.2) is 4.98 Å². The van der Waals surface area contributed by atoms with Crippen molar-refractivity contribution in [3.63, 3.8) is 0 Å². The van der Waals surface area contributed by atoms with Crippen molar-refractivity contribution in [3.05, 3.63) is 90.8 Å². The number of carbonyl (C=O) groups excluding carboxylic acids is 1. The number of fused-ring (bicyclic) bond motifs is 1. The van der Waals surface area contributed by atoms with Gasteiger partial charge in [0.25, 0.3) is 11.5 Å². The van der Waals surface area contributed by atoms with E-state index < -0.39 is 0 Å². The number of nitrogens with one attached hydrogen (secondary N) is 1. The first-order valence-corrected chi connectivity index (χ1v) is 13.9. The Hall–Kier alpha value is -3.50. The third-order valence-corrected chi connectivity index (χ3v) is 7.23. The average molecular weight is 656 g/mol. The van der Waals surface area contributed by atoms with E-state index in [0.717, 1.165) is 16.5 Å². The van der Waals surface area contributed by atoms with Crippen LogP contribution >= 0.6 is 31.9 Å². The van der Waals surface area contributed by atoms with Gasteiger partial charge in [0.15, 0.2) is 18.1 Å². The molecule has 4 aromatic rings. The molecule has 0 aliphatic heterocycles. The van der Waals surface area contributed by atoms with Crippen LogP contribution in [-0.4, -0.2) is 35.5 Å². The zero-order valence-corrected chi connectivity index (χ0v) is 25.2. The van der Waals surface area contributed by atoms with Crippen LogP contribution in [0.2, 0.25) is 0 Å². The topological polar surface area (TPSA) is 94.8 Å². The molecule has 0 saturated heterocycles. The molecule has 0 saturated carbocycles. The van der Waals surface area contributed by atoms with E-state index in [1.54, 1.807) is 24.4 Å². The second kappa shape index (κ2) is 12.6. The van der Waals surface area contributed by atoms with Gasteiger partial charge in [-0.15, -0.1) is 0 Å². The number of ether oxygens (including phenoxy) is 2. The summed E-state index contributed by atoms with van der Waals surface area (Å²) < 4.78 is 14.0. The van der Waals surface area contributed by atoms with Gasteiger partial charge < -0.3 is 14.8 Å². The third kappa shape index (κ3) is 6.75. The highest BCUT2D eigenvalue weighted by Gasteiger charge is 2.17. The Morgan fingerprint density at radius 2 is 1.90 bits per heavy atom. The Bertz CT molecular complexity index is 1600. The summed E-state index contributed by atoms with van der Waals surface area (Å²) in [4.78, 5) is 30.5. The second-order valence-electron chi connectivity index (χ2n) is 9.04.